The third-order valence-corrected chi connectivity index (χ3v) is 6.71. The van der Waals surface area contributed by atoms with Crippen molar-refractivity contribution in [1.29, 1.82) is 0 Å². The molecule has 2 aromatic carbocycles. The van der Waals surface area contributed by atoms with Crippen LogP contribution in [0.5, 0.6) is 11.5 Å². The molecular weight excluding hydrogens is 380 g/mol. The largest absolute Gasteiger partial charge is 0.493 e. The number of methoxy groups -OCH3 is 2. The number of benzene rings is 2. The van der Waals surface area contributed by atoms with Crippen LogP contribution >= 0.6 is 0 Å². The molecule has 0 aromatic heterocycles. The summed E-state index contributed by atoms with van der Waals surface area (Å²) in [5.41, 5.74) is 0.986. The smallest absolute Gasteiger partial charge is 0.243 e. The van der Waals surface area contributed by atoms with Crippen molar-refractivity contribution in [3.8, 4) is 11.5 Å². The van der Waals surface area contributed by atoms with Gasteiger partial charge in [-0.15, -0.1) is 0 Å². The lowest BCUT2D eigenvalue weighted by Gasteiger charge is -2.38. The molecule has 1 atom stereocenters. The maximum atomic E-state index is 12.7. The van der Waals surface area contributed by atoms with Crippen molar-refractivity contribution in [3.63, 3.8) is 0 Å². The highest BCUT2D eigenvalue weighted by molar-refractivity contribution is 7.89. The summed E-state index contributed by atoms with van der Waals surface area (Å²) in [4.78, 5) is 12.7. The first-order chi connectivity index (χ1) is 13.5. The third kappa shape index (κ3) is 4.13. The van der Waals surface area contributed by atoms with Crippen molar-refractivity contribution in [1.82, 2.24) is 9.62 Å². The van der Waals surface area contributed by atoms with Gasteiger partial charge in [0.15, 0.2) is 11.5 Å². The molecule has 0 unspecified atom stereocenters. The van der Waals surface area contributed by atoms with E-state index in [1.54, 1.807) is 44.6 Å². The van der Waals surface area contributed by atoms with Crippen LogP contribution in [0.3, 0.4) is 0 Å². The molecule has 1 amide bonds. The third-order valence-electron chi connectivity index (χ3n) is 4.78. The summed E-state index contributed by atoms with van der Waals surface area (Å²) in [6.45, 7) is 0.759. The molecule has 7 nitrogen and oxygen atoms in total. The first-order valence-electron chi connectivity index (χ1n) is 9.03. The van der Waals surface area contributed by atoms with Crippen LogP contribution < -0.4 is 14.8 Å². The van der Waals surface area contributed by atoms with Gasteiger partial charge in [-0.1, -0.05) is 24.3 Å². The van der Waals surface area contributed by atoms with Crippen LogP contribution in [0.15, 0.2) is 53.4 Å². The van der Waals surface area contributed by atoms with E-state index < -0.39 is 16.1 Å². The molecule has 1 aliphatic rings. The number of rotatable bonds is 8. The number of ether oxygens (including phenoxy) is 2. The monoisotopic (exact) mass is 404 g/mol. The topological polar surface area (TPSA) is 84.9 Å². The first kappa shape index (κ1) is 20.2. The van der Waals surface area contributed by atoms with Gasteiger partial charge in [-0.05, 0) is 42.7 Å². The van der Waals surface area contributed by atoms with Crippen molar-refractivity contribution in [2.45, 2.75) is 23.8 Å². The Morgan fingerprint density at radius 3 is 2.43 bits per heavy atom. The molecular formula is C20H24N2O5S. The number of hydrogen-bond donors (Lipinski definition) is 1. The van der Waals surface area contributed by atoms with Gasteiger partial charge in [0, 0.05) is 13.1 Å². The Morgan fingerprint density at radius 1 is 1.11 bits per heavy atom. The highest BCUT2D eigenvalue weighted by atomic mass is 32.2. The maximum Gasteiger partial charge on any atom is 0.243 e. The molecule has 1 aliphatic heterocycles. The minimum absolute atomic E-state index is 0.206. The molecule has 0 radical (unpaired) electrons. The fraction of sp³-hybridized carbons (Fsp3) is 0.350. The van der Waals surface area contributed by atoms with Gasteiger partial charge in [0.05, 0.1) is 19.1 Å². The number of sulfonamides is 1. The Bertz CT molecular complexity index is 931. The van der Waals surface area contributed by atoms with E-state index in [-0.39, 0.29) is 10.8 Å². The van der Waals surface area contributed by atoms with Crippen LogP contribution in [0.2, 0.25) is 0 Å². The van der Waals surface area contributed by atoms with Crippen molar-refractivity contribution >= 4 is 15.9 Å². The van der Waals surface area contributed by atoms with Crippen molar-refractivity contribution in [3.05, 3.63) is 54.1 Å². The van der Waals surface area contributed by atoms with E-state index in [1.165, 1.54) is 4.31 Å². The van der Waals surface area contributed by atoms with Gasteiger partial charge in [-0.25, -0.2) is 8.42 Å². The van der Waals surface area contributed by atoms with Crippen LogP contribution in [0.4, 0.5) is 0 Å². The quantitative estimate of drug-likeness (QED) is 0.726. The van der Waals surface area contributed by atoms with Gasteiger partial charge < -0.3 is 14.8 Å². The summed E-state index contributed by atoms with van der Waals surface area (Å²) in [7, 11) is -0.502. The normalized spacial score (nSPS) is 16.9. The molecule has 1 N–H and O–H groups in total. The molecule has 150 valence electrons. The second-order valence-electron chi connectivity index (χ2n) is 6.46. The van der Waals surface area contributed by atoms with Crippen molar-refractivity contribution < 1.29 is 22.7 Å². The lowest BCUT2D eigenvalue weighted by Crippen LogP contribution is -2.58. The Kier molecular flexibility index (Phi) is 6.21. The lowest BCUT2D eigenvalue weighted by atomic mass is 10.1. The molecule has 3 rings (SSSR count). The molecule has 8 heteroatoms. The van der Waals surface area contributed by atoms with Gasteiger partial charge >= 0.3 is 0 Å². The number of nitrogens with one attached hydrogen (secondary N) is 1. The van der Waals surface area contributed by atoms with E-state index >= 15 is 0 Å². The van der Waals surface area contributed by atoms with E-state index in [9.17, 15) is 13.2 Å². The van der Waals surface area contributed by atoms with Gasteiger partial charge in [-0.3, -0.25) is 4.79 Å². The fourth-order valence-electron chi connectivity index (χ4n) is 3.13. The predicted molar refractivity (Wildman–Crippen MR) is 105 cm³/mol. The van der Waals surface area contributed by atoms with Crippen LogP contribution in [0.1, 0.15) is 12.0 Å². The number of hydrogen-bond acceptors (Lipinski definition) is 5. The molecule has 2 aromatic rings. The average Bonchev–Trinajstić information content (AvgIpc) is 2.67. The zero-order valence-corrected chi connectivity index (χ0v) is 16.7. The molecule has 1 fully saturated rings. The number of carbonyl (C=O) groups is 1. The molecule has 0 bridgehead atoms. The van der Waals surface area contributed by atoms with Crippen LogP contribution in [-0.2, 0) is 21.2 Å². The van der Waals surface area contributed by atoms with E-state index in [2.05, 4.69) is 5.32 Å². The van der Waals surface area contributed by atoms with Gasteiger partial charge in [0.1, 0.15) is 6.04 Å². The molecule has 0 aliphatic carbocycles. The van der Waals surface area contributed by atoms with Gasteiger partial charge in [-0.2, -0.15) is 4.31 Å². The highest BCUT2D eigenvalue weighted by Crippen LogP contribution is 2.28. The van der Waals surface area contributed by atoms with Crippen LogP contribution in [-0.4, -0.2) is 52.0 Å². The summed E-state index contributed by atoms with van der Waals surface area (Å²) < 4.78 is 37.1. The van der Waals surface area contributed by atoms with Crippen molar-refractivity contribution in [2.75, 3.05) is 27.3 Å². The highest BCUT2D eigenvalue weighted by Gasteiger charge is 2.42. The van der Waals surface area contributed by atoms with E-state index in [0.717, 1.165) is 5.56 Å². The van der Waals surface area contributed by atoms with Crippen LogP contribution in [0.25, 0.3) is 0 Å². The molecule has 0 spiro atoms. The van der Waals surface area contributed by atoms with Crippen molar-refractivity contribution in [2.24, 2.45) is 0 Å². The zero-order chi connectivity index (χ0) is 20.1. The fourth-order valence-corrected chi connectivity index (χ4v) is 4.78. The Labute approximate surface area is 165 Å². The first-order valence-corrected chi connectivity index (χ1v) is 10.5. The lowest BCUT2D eigenvalue weighted by molar-refractivity contribution is -0.127. The summed E-state index contributed by atoms with van der Waals surface area (Å²) in [5.74, 6) is 1.00. The summed E-state index contributed by atoms with van der Waals surface area (Å²) in [5, 5.41) is 2.84. The molecule has 0 saturated carbocycles. The Morgan fingerprint density at radius 2 is 1.82 bits per heavy atom. The average molecular weight is 404 g/mol. The second-order valence-corrected chi connectivity index (χ2v) is 8.35. The minimum atomic E-state index is -3.65. The Balaban J connectivity index is 1.57. The minimum Gasteiger partial charge on any atom is -0.493 e. The number of amides is 1. The summed E-state index contributed by atoms with van der Waals surface area (Å²) in [6.07, 6.45) is 1.12. The maximum absolute atomic E-state index is 12.7. The van der Waals surface area contributed by atoms with Gasteiger partial charge in [0.2, 0.25) is 15.9 Å². The molecule has 1 saturated heterocycles. The standard InChI is InChI=1S/C20H24N2O5S/c1-26-18-9-8-15(14-19(18)27-2)10-12-21-20(23)17-11-13-22(17)28(24,25)16-6-4-3-5-7-16/h3-9,14,17H,10-13H2,1-2H3,(H,21,23)/t17-/m0/s1. The van der Waals surface area contributed by atoms with E-state index in [1.807, 2.05) is 18.2 Å². The number of carbonyl (C=O) groups excluding carboxylic acids is 1. The van der Waals surface area contributed by atoms with Gasteiger partial charge in [0.25, 0.3) is 0 Å². The Hall–Kier alpha value is -2.58. The summed E-state index contributed by atoms with van der Waals surface area (Å²) in [6, 6.07) is 13.1. The molecule has 1 heterocycles. The van der Waals surface area contributed by atoms with E-state index in [4.69, 9.17) is 9.47 Å². The summed E-state index contributed by atoms with van der Waals surface area (Å²) >= 11 is 0. The SMILES string of the molecule is COc1ccc(CCNC(=O)[C@@H]2CCN2S(=O)(=O)c2ccccc2)cc1OC. The molecule has 28 heavy (non-hydrogen) atoms. The predicted octanol–water partition coefficient (Wildman–Crippen LogP) is 1.83. The zero-order valence-electron chi connectivity index (χ0n) is 15.9. The second kappa shape index (κ2) is 8.62. The van der Waals surface area contributed by atoms with Crippen LogP contribution in [0, 0.1) is 0 Å². The number of nitrogens with zero attached hydrogens (tertiary/aromatic N) is 1. The van der Waals surface area contributed by atoms with E-state index in [0.29, 0.717) is 37.4 Å².